The van der Waals surface area contributed by atoms with Gasteiger partial charge < -0.3 is 9.47 Å². The standard InChI is InChI=1S/C38H26N2O2/c1-41-33-25-26-34(42-2)38-37(33)39-35(31-21-17-29(18-22-31)15-13-27-9-5-3-6-10-27)36(40-38)32-23-19-30(20-24-32)16-14-28-11-7-4-8-12-28/h3-12,17-26H,1-2H3. The van der Waals surface area contributed by atoms with Crippen molar-refractivity contribution in [2.24, 2.45) is 0 Å². The lowest BCUT2D eigenvalue weighted by Crippen LogP contribution is -1.99. The molecule has 0 N–H and O–H groups in total. The molecule has 0 atom stereocenters. The second kappa shape index (κ2) is 12.1. The predicted molar refractivity (Wildman–Crippen MR) is 168 cm³/mol. The maximum atomic E-state index is 5.64. The molecule has 4 nitrogen and oxygen atoms in total. The summed E-state index contributed by atoms with van der Waals surface area (Å²) in [6.07, 6.45) is 0. The molecule has 0 spiro atoms. The molecule has 6 rings (SSSR count). The van der Waals surface area contributed by atoms with Gasteiger partial charge in [-0.2, -0.15) is 0 Å². The van der Waals surface area contributed by atoms with E-state index in [9.17, 15) is 0 Å². The van der Waals surface area contributed by atoms with Gasteiger partial charge >= 0.3 is 0 Å². The molecular formula is C38H26N2O2. The highest BCUT2D eigenvalue weighted by Crippen LogP contribution is 2.37. The first-order valence-corrected chi connectivity index (χ1v) is 13.5. The monoisotopic (exact) mass is 542 g/mol. The van der Waals surface area contributed by atoms with Gasteiger partial charge in [0.15, 0.2) is 0 Å². The fraction of sp³-hybridized carbons (Fsp3) is 0.0526. The summed E-state index contributed by atoms with van der Waals surface area (Å²) < 4.78 is 11.3. The normalized spacial score (nSPS) is 10.2. The number of fused-ring (bicyclic) bond motifs is 1. The van der Waals surface area contributed by atoms with E-state index in [-0.39, 0.29) is 0 Å². The van der Waals surface area contributed by atoms with Crippen molar-refractivity contribution in [3.63, 3.8) is 0 Å². The molecule has 6 aromatic rings. The van der Waals surface area contributed by atoms with Gasteiger partial charge in [0, 0.05) is 33.4 Å². The number of aromatic nitrogens is 2. The molecule has 0 saturated carbocycles. The molecule has 0 bridgehead atoms. The molecule has 0 aliphatic carbocycles. The minimum absolute atomic E-state index is 0.628. The lowest BCUT2D eigenvalue weighted by Gasteiger charge is -2.14. The highest BCUT2D eigenvalue weighted by Gasteiger charge is 2.18. The molecule has 42 heavy (non-hydrogen) atoms. The molecule has 0 aliphatic heterocycles. The van der Waals surface area contributed by atoms with E-state index in [0.717, 1.165) is 44.8 Å². The van der Waals surface area contributed by atoms with Crippen molar-refractivity contribution >= 4 is 11.0 Å². The van der Waals surface area contributed by atoms with Crippen LogP contribution in [0.3, 0.4) is 0 Å². The van der Waals surface area contributed by atoms with E-state index in [4.69, 9.17) is 19.4 Å². The zero-order chi connectivity index (χ0) is 28.7. The van der Waals surface area contributed by atoms with Crippen LogP contribution in [0, 0.1) is 23.7 Å². The Morgan fingerprint density at radius 3 is 1.07 bits per heavy atom. The van der Waals surface area contributed by atoms with Crippen molar-refractivity contribution in [1.29, 1.82) is 0 Å². The highest BCUT2D eigenvalue weighted by atomic mass is 16.5. The van der Waals surface area contributed by atoms with Crippen LogP contribution in [-0.4, -0.2) is 24.2 Å². The Morgan fingerprint density at radius 1 is 0.405 bits per heavy atom. The molecular weight excluding hydrogens is 516 g/mol. The molecule has 5 aromatic carbocycles. The van der Waals surface area contributed by atoms with Gasteiger partial charge in [-0.15, -0.1) is 0 Å². The number of ether oxygens (including phenoxy) is 2. The topological polar surface area (TPSA) is 44.2 Å². The smallest absolute Gasteiger partial charge is 0.147 e. The number of benzene rings is 5. The van der Waals surface area contributed by atoms with Crippen LogP contribution < -0.4 is 9.47 Å². The van der Waals surface area contributed by atoms with Crippen molar-refractivity contribution in [1.82, 2.24) is 9.97 Å². The Hall–Kier alpha value is -5.84. The molecule has 4 heteroatoms. The van der Waals surface area contributed by atoms with Crippen LogP contribution in [0.4, 0.5) is 0 Å². The summed E-state index contributed by atoms with van der Waals surface area (Å²) in [6, 6.07) is 39.7. The van der Waals surface area contributed by atoms with E-state index in [1.54, 1.807) is 14.2 Å². The van der Waals surface area contributed by atoms with E-state index >= 15 is 0 Å². The van der Waals surface area contributed by atoms with Gasteiger partial charge in [-0.3, -0.25) is 0 Å². The summed E-state index contributed by atoms with van der Waals surface area (Å²) >= 11 is 0. The lowest BCUT2D eigenvalue weighted by atomic mass is 10.0. The number of hydrogen-bond acceptors (Lipinski definition) is 4. The summed E-state index contributed by atoms with van der Waals surface area (Å²) in [7, 11) is 3.26. The van der Waals surface area contributed by atoms with E-state index in [1.807, 2.05) is 121 Å². The molecule has 0 unspecified atom stereocenters. The zero-order valence-corrected chi connectivity index (χ0v) is 23.3. The lowest BCUT2D eigenvalue weighted by molar-refractivity contribution is 0.409. The number of nitrogens with zero attached hydrogens (tertiary/aromatic N) is 2. The van der Waals surface area contributed by atoms with Crippen molar-refractivity contribution in [3.05, 3.63) is 144 Å². The third kappa shape index (κ3) is 5.70. The minimum atomic E-state index is 0.628. The second-order valence-electron chi connectivity index (χ2n) is 9.47. The number of rotatable bonds is 4. The maximum Gasteiger partial charge on any atom is 0.147 e. The summed E-state index contributed by atoms with van der Waals surface area (Å²) in [5.41, 5.74) is 8.36. The van der Waals surface area contributed by atoms with Crippen LogP contribution in [0.2, 0.25) is 0 Å². The first kappa shape index (κ1) is 26.4. The zero-order valence-electron chi connectivity index (χ0n) is 23.3. The Bertz CT molecular complexity index is 1830. The largest absolute Gasteiger partial charge is 0.494 e. The first-order chi connectivity index (χ1) is 20.7. The minimum Gasteiger partial charge on any atom is -0.494 e. The molecule has 0 saturated heterocycles. The first-order valence-electron chi connectivity index (χ1n) is 13.5. The predicted octanol–water partition coefficient (Wildman–Crippen LogP) is 7.78. The Morgan fingerprint density at radius 2 is 0.738 bits per heavy atom. The Balaban J connectivity index is 1.43. The molecule has 0 fully saturated rings. The molecule has 0 amide bonds. The van der Waals surface area contributed by atoms with E-state index in [2.05, 4.69) is 23.7 Å². The van der Waals surface area contributed by atoms with E-state index in [0.29, 0.717) is 22.5 Å². The molecule has 0 aliphatic rings. The Labute approximate surface area is 245 Å². The quantitative estimate of drug-likeness (QED) is 0.213. The molecule has 0 radical (unpaired) electrons. The average molecular weight is 543 g/mol. The maximum absolute atomic E-state index is 5.64. The summed E-state index contributed by atoms with van der Waals surface area (Å²) in [4.78, 5) is 10.2. The van der Waals surface area contributed by atoms with E-state index in [1.165, 1.54) is 0 Å². The molecule has 200 valence electrons. The number of methoxy groups -OCH3 is 2. The highest BCUT2D eigenvalue weighted by molar-refractivity contribution is 5.92. The van der Waals surface area contributed by atoms with Crippen LogP contribution in [0.1, 0.15) is 22.3 Å². The fourth-order valence-corrected chi connectivity index (χ4v) is 4.57. The third-order valence-corrected chi connectivity index (χ3v) is 6.76. The van der Waals surface area contributed by atoms with Gasteiger partial charge in [0.2, 0.25) is 0 Å². The van der Waals surface area contributed by atoms with Crippen molar-refractivity contribution < 1.29 is 9.47 Å². The van der Waals surface area contributed by atoms with E-state index < -0.39 is 0 Å². The van der Waals surface area contributed by atoms with Crippen LogP contribution in [0.25, 0.3) is 33.5 Å². The summed E-state index contributed by atoms with van der Waals surface area (Å²) in [6.45, 7) is 0. The summed E-state index contributed by atoms with van der Waals surface area (Å²) in [5, 5.41) is 0. The second-order valence-corrected chi connectivity index (χ2v) is 9.47. The fourth-order valence-electron chi connectivity index (χ4n) is 4.57. The van der Waals surface area contributed by atoms with Crippen molar-refractivity contribution in [2.45, 2.75) is 0 Å². The SMILES string of the molecule is COc1ccc(OC)c2nc(-c3ccc(C#Cc4ccccc4)cc3)c(-c3ccc(C#Cc4ccccc4)cc3)nc12. The van der Waals surface area contributed by atoms with Gasteiger partial charge in [0.1, 0.15) is 22.5 Å². The van der Waals surface area contributed by atoms with Crippen molar-refractivity contribution in [3.8, 4) is 57.7 Å². The third-order valence-electron chi connectivity index (χ3n) is 6.76. The average Bonchev–Trinajstić information content (AvgIpc) is 3.06. The van der Waals surface area contributed by atoms with Crippen molar-refractivity contribution in [2.75, 3.05) is 14.2 Å². The van der Waals surface area contributed by atoms with Gasteiger partial charge in [-0.05, 0) is 60.7 Å². The summed E-state index contributed by atoms with van der Waals surface area (Å²) in [5.74, 6) is 14.2. The van der Waals surface area contributed by atoms with Gasteiger partial charge in [-0.1, -0.05) is 84.3 Å². The van der Waals surface area contributed by atoms with Crippen LogP contribution in [-0.2, 0) is 0 Å². The van der Waals surface area contributed by atoms with Gasteiger partial charge in [-0.25, -0.2) is 9.97 Å². The van der Waals surface area contributed by atoms with Crippen LogP contribution in [0.5, 0.6) is 11.5 Å². The number of hydrogen-bond donors (Lipinski definition) is 0. The van der Waals surface area contributed by atoms with Gasteiger partial charge in [0.25, 0.3) is 0 Å². The molecule has 1 heterocycles. The van der Waals surface area contributed by atoms with Crippen LogP contribution >= 0.6 is 0 Å². The Kier molecular flexibility index (Phi) is 7.62. The molecule has 1 aromatic heterocycles. The van der Waals surface area contributed by atoms with Gasteiger partial charge in [0.05, 0.1) is 25.6 Å². The van der Waals surface area contributed by atoms with Crippen LogP contribution in [0.15, 0.2) is 121 Å².